The molecule has 106 valence electrons. The first-order valence-corrected chi connectivity index (χ1v) is 7.17. The van der Waals surface area contributed by atoms with E-state index in [-0.39, 0.29) is 0 Å². The number of benzene rings is 1. The van der Waals surface area contributed by atoms with Gasteiger partial charge < -0.3 is 14.6 Å². The molecule has 1 aliphatic rings. The Bertz CT molecular complexity index is 576. The van der Waals surface area contributed by atoms with Gasteiger partial charge in [-0.25, -0.2) is 4.98 Å². The van der Waals surface area contributed by atoms with Gasteiger partial charge in [0.05, 0.1) is 0 Å². The molecule has 0 amide bonds. The summed E-state index contributed by atoms with van der Waals surface area (Å²) in [6.45, 7) is 3.41. The number of rotatable bonds is 2. The molecule has 4 nitrogen and oxygen atoms in total. The SMILES string of the molecule is C[C@H]1C[C@@H](n2ccnc2-c2ccc(O)cc2)CCN1C. The van der Waals surface area contributed by atoms with E-state index in [1.165, 1.54) is 0 Å². The second-order valence-corrected chi connectivity index (χ2v) is 5.71. The van der Waals surface area contributed by atoms with Crippen molar-refractivity contribution in [1.82, 2.24) is 14.5 Å². The van der Waals surface area contributed by atoms with Gasteiger partial charge in [0.25, 0.3) is 0 Å². The highest BCUT2D eigenvalue weighted by atomic mass is 16.3. The fraction of sp³-hybridized carbons (Fsp3) is 0.438. The van der Waals surface area contributed by atoms with Gasteiger partial charge in [-0.05, 0) is 51.1 Å². The Balaban J connectivity index is 1.88. The average Bonchev–Trinajstić information content (AvgIpc) is 2.92. The number of aromatic hydroxyl groups is 1. The summed E-state index contributed by atoms with van der Waals surface area (Å²) in [5.74, 6) is 1.28. The third kappa shape index (κ3) is 2.43. The molecule has 2 heterocycles. The second-order valence-electron chi connectivity index (χ2n) is 5.71. The van der Waals surface area contributed by atoms with Crippen molar-refractivity contribution < 1.29 is 5.11 Å². The number of nitrogens with zero attached hydrogens (tertiary/aromatic N) is 3. The van der Waals surface area contributed by atoms with Crippen molar-refractivity contribution in [1.29, 1.82) is 0 Å². The van der Waals surface area contributed by atoms with E-state index in [1.807, 2.05) is 18.3 Å². The second kappa shape index (κ2) is 5.29. The lowest BCUT2D eigenvalue weighted by Crippen LogP contribution is -2.38. The Morgan fingerprint density at radius 2 is 2.00 bits per heavy atom. The molecule has 1 fully saturated rings. The van der Waals surface area contributed by atoms with Crippen LogP contribution in [0.1, 0.15) is 25.8 Å². The summed E-state index contributed by atoms with van der Waals surface area (Å²) >= 11 is 0. The van der Waals surface area contributed by atoms with Gasteiger partial charge in [-0.2, -0.15) is 0 Å². The summed E-state index contributed by atoms with van der Waals surface area (Å²) in [5.41, 5.74) is 1.05. The summed E-state index contributed by atoms with van der Waals surface area (Å²) in [7, 11) is 2.19. The number of imidazole rings is 1. The molecule has 0 unspecified atom stereocenters. The van der Waals surface area contributed by atoms with E-state index in [9.17, 15) is 5.11 Å². The summed E-state index contributed by atoms with van der Waals surface area (Å²) in [6, 6.07) is 8.38. The molecule has 20 heavy (non-hydrogen) atoms. The third-order valence-electron chi connectivity index (χ3n) is 4.37. The molecule has 0 radical (unpaired) electrons. The molecule has 1 N–H and O–H groups in total. The Hall–Kier alpha value is -1.81. The maximum Gasteiger partial charge on any atom is 0.140 e. The maximum absolute atomic E-state index is 9.40. The Morgan fingerprint density at radius 1 is 1.25 bits per heavy atom. The van der Waals surface area contributed by atoms with E-state index in [0.717, 1.165) is 30.8 Å². The van der Waals surface area contributed by atoms with Crippen molar-refractivity contribution in [3.63, 3.8) is 0 Å². The van der Waals surface area contributed by atoms with Crippen molar-refractivity contribution in [3.05, 3.63) is 36.7 Å². The van der Waals surface area contributed by atoms with Gasteiger partial charge >= 0.3 is 0 Å². The lowest BCUT2D eigenvalue weighted by molar-refractivity contribution is 0.157. The molecular formula is C16H21N3O. The van der Waals surface area contributed by atoms with Crippen LogP contribution in [0.2, 0.25) is 0 Å². The van der Waals surface area contributed by atoms with Crippen LogP contribution in [0.25, 0.3) is 11.4 Å². The summed E-state index contributed by atoms with van der Waals surface area (Å²) in [6.07, 6.45) is 6.25. The van der Waals surface area contributed by atoms with Gasteiger partial charge in [0.15, 0.2) is 0 Å². The van der Waals surface area contributed by atoms with Crippen LogP contribution in [0, 0.1) is 0 Å². The normalized spacial score (nSPS) is 23.9. The quantitative estimate of drug-likeness (QED) is 0.913. The predicted molar refractivity (Wildman–Crippen MR) is 79.7 cm³/mol. The number of phenolic OH excluding ortho intramolecular Hbond substituents is 1. The average molecular weight is 271 g/mol. The van der Waals surface area contributed by atoms with Gasteiger partial charge in [-0.1, -0.05) is 0 Å². The number of hydrogen-bond acceptors (Lipinski definition) is 3. The summed E-state index contributed by atoms with van der Waals surface area (Å²) in [4.78, 5) is 6.91. The molecule has 4 heteroatoms. The fourth-order valence-corrected chi connectivity index (χ4v) is 2.96. The summed E-state index contributed by atoms with van der Waals surface area (Å²) < 4.78 is 2.29. The topological polar surface area (TPSA) is 41.3 Å². The Kier molecular flexibility index (Phi) is 3.49. The van der Waals surface area contributed by atoms with Crippen molar-refractivity contribution in [2.24, 2.45) is 0 Å². The highest BCUT2D eigenvalue weighted by molar-refractivity contribution is 5.56. The third-order valence-corrected chi connectivity index (χ3v) is 4.37. The monoisotopic (exact) mass is 271 g/mol. The molecule has 0 aliphatic carbocycles. The number of aromatic nitrogens is 2. The number of piperidine rings is 1. The van der Waals surface area contributed by atoms with Crippen LogP contribution in [0.3, 0.4) is 0 Å². The van der Waals surface area contributed by atoms with Crippen LogP contribution in [0.4, 0.5) is 0 Å². The van der Waals surface area contributed by atoms with E-state index < -0.39 is 0 Å². The van der Waals surface area contributed by atoms with Crippen molar-refractivity contribution >= 4 is 0 Å². The molecule has 0 spiro atoms. The number of phenols is 1. The molecule has 1 aromatic carbocycles. The van der Waals surface area contributed by atoms with Crippen molar-refractivity contribution in [2.75, 3.05) is 13.6 Å². The molecular weight excluding hydrogens is 250 g/mol. The van der Waals surface area contributed by atoms with Gasteiger partial charge in [-0.15, -0.1) is 0 Å². The lowest BCUT2D eigenvalue weighted by atomic mass is 9.98. The van der Waals surface area contributed by atoms with Gasteiger partial charge in [0.1, 0.15) is 11.6 Å². The molecule has 1 saturated heterocycles. The van der Waals surface area contributed by atoms with Crippen LogP contribution in [0.5, 0.6) is 5.75 Å². The first kappa shape index (κ1) is 13.2. The molecule has 3 rings (SSSR count). The molecule has 2 atom stereocenters. The molecule has 0 bridgehead atoms. The number of likely N-dealkylation sites (tertiary alicyclic amines) is 1. The minimum Gasteiger partial charge on any atom is -0.508 e. The van der Waals surface area contributed by atoms with Crippen LogP contribution in [-0.4, -0.2) is 39.2 Å². The predicted octanol–water partition coefficient (Wildman–Crippen LogP) is 2.91. The van der Waals surface area contributed by atoms with Crippen molar-refractivity contribution in [3.8, 4) is 17.1 Å². The van der Waals surface area contributed by atoms with Crippen LogP contribution in [-0.2, 0) is 0 Å². The minimum absolute atomic E-state index is 0.291. The van der Waals surface area contributed by atoms with E-state index in [1.54, 1.807) is 12.1 Å². The first-order chi connectivity index (χ1) is 9.65. The number of hydrogen-bond donors (Lipinski definition) is 1. The van der Waals surface area contributed by atoms with E-state index in [4.69, 9.17) is 0 Å². The summed E-state index contributed by atoms with van der Waals surface area (Å²) in [5, 5.41) is 9.40. The molecule has 0 saturated carbocycles. The molecule has 1 aromatic heterocycles. The Morgan fingerprint density at radius 3 is 2.70 bits per heavy atom. The zero-order valence-corrected chi connectivity index (χ0v) is 12.0. The highest BCUT2D eigenvalue weighted by Crippen LogP contribution is 2.30. The Labute approximate surface area is 119 Å². The van der Waals surface area contributed by atoms with Gasteiger partial charge in [0, 0.05) is 36.6 Å². The van der Waals surface area contributed by atoms with Gasteiger partial charge in [-0.3, -0.25) is 0 Å². The lowest BCUT2D eigenvalue weighted by Gasteiger charge is -2.36. The zero-order valence-electron chi connectivity index (χ0n) is 12.0. The smallest absolute Gasteiger partial charge is 0.140 e. The molecule has 1 aliphatic heterocycles. The van der Waals surface area contributed by atoms with E-state index in [0.29, 0.717) is 17.8 Å². The highest BCUT2D eigenvalue weighted by Gasteiger charge is 2.25. The molecule has 2 aromatic rings. The van der Waals surface area contributed by atoms with E-state index >= 15 is 0 Å². The van der Waals surface area contributed by atoms with Crippen LogP contribution < -0.4 is 0 Å². The van der Waals surface area contributed by atoms with Crippen LogP contribution >= 0.6 is 0 Å². The maximum atomic E-state index is 9.40. The fourth-order valence-electron chi connectivity index (χ4n) is 2.96. The largest absolute Gasteiger partial charge is 0.508 e. The van der Waals surface area contributed by atoms with Gasteiger partial charge in [0.2, 0.25) is 0 Å². The van der Waals surface area contributed by atoms with Crippen molar-refractivity contribution in [2.45, 2.75) is 31.8 Å². The van der Waals surface area contributed by atoms with E-state index in [2.05, 4.69) is 34.6 Å². The minimum atomic E-state index is 0.291. The first-order valence-electron chi connectivity index (χ1n) is 7.17. The standard InChI is InChI=1S/C16H21N3O/c1-12-11-14(7-9-18(12)2)19-10-8-17-16(19)13-3-5-15(20)6-4-13/h3-6,8,10,12,14,20H,7,9,11H2,1-2H3/t12-,14-/m0/s1. The van der Waals surface area contributed by atoms with Crippen LogP contribution in [0.15, 0.2) is 36.7 Å². The zero-order chi connectivity index (χ0) is 14.1.